The summed E-state index contributed by atoms with van der Waals surface area (Å²) in [6, 6.07) is 16.6. The van der Waals surface area contributed by atoms with Gasteiger partial charge < -0.3 is 4.74 Å². The van der Waals surface area contributed by atoms with E-state index in [2.05, 4.69) is 16.9 Å². The number of nitrogens with one attached hydrogen (secondary N) is 2. The third kappa shape index (κ3) is 6.52. The fourth-order valence-electron chi connectivity index (χ4n) is 2.09. The average molecular weight is 361 g/mol. The lowest BCUT2D eigenvalue weighted by atomic mass is 10.0. The van der Waals surface area contributed by atoms with E-state index in [4.69, 9.17) is 10.00 Å². The lowest BCUT2D eigenvalue weighted by Gasteiger charge is -2.08. The van der Waals surface area contributed by atoms with Crippen LogP contribution in [0.4, 0.5) is 0 Å². The topological polar surface area (TPSA) is 91.2 Å². The SMILES string of the molecule is C/C=C/C=C/C(=O)NNC(=O)COc1ccc(-c2ccc(C#N)cc2)cc1. The van der Waals surface area contributed by atoms with E-state index in [1.807, 2.05) is 31.2 Å². The van der Waals surface area contributed by atoms with Gasteiger partial charge in [0.15, 0.2) is 6.61 Å². The quantitative estimate of drug-likeness (QED) is 0.470. The van der Waals surface area contributed by atoms with Crippen LogP contribution in [-0.2, 0) is 9.59 Å². The predicted octanol–water partition coefficient (Wildman–Crippen LogP) is 2.88. The molecule has 2 aromatic rings. The van der Waals surface area contributed by atoms with Crippen molar-refractivity contribution in [2.45, 2.75) is 6.92 Å². The van der Waals surface area contributed by atoms with Gasteiger partial charge in [-0.25, -0.2) is 0 Å². The largest absolute Gasteiger partial charge is 0.484 e. The molecule has 0 radical (unpaired) electrons. The molecule has 0 heterocycles. The predicted molar refractivity (Wildman–Crippen MR) is 102 cm³/mol. The molecule has 0 saturated heterocycles. The molecule has 2 rings (SSSR count). The maximum Gasteiger partial charge on any atom is 0.276 e. The fraction of sp³-hybridized carbons (Fsp3) is 0.0952. The van der Waals surface area contributed by atoms with Crippen LogP contribution >= 0.6 is 0 Å². The summed E-state index contributed by atoms with van der Waals surface area (Å²) in [5.41, 5.74) is 7.07. The van der Waals surface area contributed by atoms with Gasteiger partial charge in [-0.15, -0.1) is 0 Å². The second-order valence-corrected chi connectivity index (χ2v) is 5.42. The maximum atomic E-state index is 11.7. The van der Waals surface area contributed by atoms with Gasteiger partial charge in [0, 0.05) is 6.08 Å². The van der Waals surface area contributed by atoms with Crippen molar-refractivity contribution in [2.24, 2.45) is 0 Å². The minimum atomic E-state index is -0.473. The summed E-state index contributed by atoms with van der Waals surface area (Å²) in [5, 5.41) is 8.83. The summed E-state index contributed by atoms with van der Waals surface area (Å²) >= 11 is 0. The molecule has 0 atom stereocenters. The van der Waals surface area contributed by atoms with Crippen molar-refractivity contribution in [2.75, 3.05) is 6.61 Å². The van der Waals surface area contributed by atoms with Crippen molar-refractivity contribution in [3.8, 4) is 22.9 Å². The van der Waals surface area contributed by atoms with Gasteiger partial charge in [0.1, 0.15) is 5.75 Å². The molecule has 6 nitrogen and oxygen atoms in total. The van der Waals surface area contributed by atoms with Crippen molar-refractivity contribution in [3.63, 3.8) is 0 Å². The van der Waals surface area contributed by atoms with Crippen LogP contribution in [-0.4, -0.2) is 18.4 Å². The first-order valence-corrected chi connectivity index (χ1v) is 8.24. The summed E-state index contributed by atoms with van der Waals surface area (Å²) in [6.45, 7) is 1.60. The molecule has 0 fully saturated rings. The lowest BCUT2D eigenvalue weighted by Crippen LogP contribution is -2.43. The van der Waals surface area contributed by atoms with Gasteiger partial charge in [-0.05, 0) is 42.3 Å². The van der Waals surface area contributed by atoms with Crippen molar-refractivity contribution >= 4 is 11.8 Å². The average Bonchev–Trinajstić information content (AvgIpc) is 2.71. The number of carbonyl (C=O) groups excluding carboxylic acids is 2. The number of ether oxygens (including phenoxy) is 1. The van der Waals surface area contributed by atoms with Gasteiger partial charge >= 0.3 is 0 Å². The zero-order valence-corrected chi connectivity index (χ0v) is 14.8. The van der Waals surface area contributed by atoms with E-state index in [9.17, 15) is 9.59 Å². The highest BCUT2D eigenvalue weighted by atomic mass is 16.5. The van der Waals surface area contributed by atoms with Crippen LogP contribution in [0.25, 0.3) is 11.1 Å². The minimum Gasteiger partial charge on any atom is -0.484 e. The van der Waals surface area contributed by atoms with Gasteiger partial charge in [0.25, 0.3) is 11.8 Å². The number of rotatable bonds is 6. The number of hydrazine groups is 1. The highest BCUT2D eigenvalue weighted by Crippen LogP contribution is 2.22. The zero-order valence-electron chi connectivity index (χ0n) is 14.8. The third-order valence-electron chi connectivity index (χ3n) is 3.45. The molecule has 27 heavy (non-hydrogen) atoms. The summed E-state index contributed by atoms with van der Waals surface area (Å²) in [7, 11) is 0. The summed E-state index contributed by atoms with van der Waals surface area (Å²) in [6.07, 6.45) is 6.34. The highest BCUT2D eigenvalue weighted by molar-refractivity contribution is 5.90. The summed E-state index contributed by atoms with van der Waals surface area (Å²) in [4.78, 5) is 23.1. The maximum absolute atomic E-state index is 11.7. The minimum absolute atomic E-state index is 0.227. The third-order valence-corrected chi connectivity index (χ3v) is 3.45. The van der Waals surface area contributed by atoms with Gasteiger partial charge in [0.2, 0.25) is 0 Å². The molecule has 0 unspecified atom stereocenters. The van der Waals surface area contributed by atoms with Gasteiger partial charge in [0.05, 0.1) is 11.6 Å². The summed E-state index contributed by atoms with van der Waals surface area (Å²) < 4.78 is 5.39. The molecule has 136 valence electrons. The molecule has 6 heteroatoms. The van der Waals surface area contributed by atoms with Crippen LogP contribution in [0.5, 0.6) is 5.75 Å². The van der Waals surface area contributed by atoms with Crippen LogP contribution in [0.3, 0.4) is 0 Å². The first kappa shape index (κ1) is 19.5. The van der Waals surface area contributed by atoms with E-state index in [1.54, 1.807) is 42.5 Å². The summed E-state index contributed by atoms with van der Waals surface area (Å²) in [5.74, 6) is -0.381. The highest BCUT2D eigenvalue weighted by Gasteiger charge is 2.04. The normalized spacial score (nSPS) is 10.5. The number of hydrogen-bond acceptors (Lipinski definition) is 4. The molecule has 0 bridgehead atoms. The Hall–Kier alpha value is -3.85. The second kappa shape index (κ2) is 10.2. The van der Waals surface area contributed by atoms with Crippen LogP contribution in [0.1, 0.15) is 12.5 Å². The molecule has 2 aromatic carbocycles. The van der Waals surface area contributed by atoms with E-state index in [-0.39, 0.29) is 6.61 Å². The van der Waals surface area contributed by atoms with Crippen LogP contribution in [0.15, 0.2) is 72.8 Å². The molecule has 2 N–H and O–H groups in total. The number of nitrogens with zero attached hydrogens (tertiary/aromatic N) is 1. The lowest BCUT2D eigenvalue weighted by molar-refractivity contribution is -0.128. The fourth-order valence-corrected chi connectivity index (χ4v) is 2.09. The van der Waals surface area contributed by atoms with Crippen LogP contribution in [0.2, 0.25) is 0 Å². The van der Waals surface area contributed by atoms with E-state index < -0.39 is 11.8 Å². The van der Waals surface area contributed by atoms with Gasteiger partial charge in [-0.1, -0.05) is 42.5 Å². The molecule has 0 spiro atoms. The number of allylic oxidation sites excluding steroid dienone is 3. The van der Waals surface area contributed by atoms with E-state index in [0.717, 1.165) is 11.1 Å². The molecular formula is C21H19N3O3. The first-order chi connectivity index (χ1) is 13.1. The molecule has 0 aliphatic rings. The number of amides is 2. The Bertz CT molecular complexity index is 876. The Labute approximate surface area is 157 Å². The Morgan fingerprint density at radius 1 is 1.00 bits per heavy atom. The molecule has 2 amide bonds. The standard InChI is InChI=1S/C21H19N3O3/c1-2-3-4-5-20(25)23-24-21(26)15-27-19-12-10-18(11-13-19)17-8-6-16(14-22)7-9-17/h2-13H,15H2,1H3,(H,23,25)(H,24,26)/b3-2+,5-4+. The monoisotopic (exact) mass is 361 g/mol. The second-order valence-electron chi connectivity index (χ2n) is 5.42. The van der Waals surface area contributed by atoms with Crippen molar-refractivity contribution in [3.05, 3.63) is 78.4 Å². The molecule has 0 aliphatic heterocycles. The van der Waals surface area contributed by atoms with Crippen LogP contribution in [0, 0.1) is 11.3 Å². The molecule has 0 saturated carbocycles. The zero-order chi connectivity index (χ0) is 19.5. The number of nitriles is 1. The van der Waals surface area contributed by atoms with Gasteiger partial charge in [-0.3, -0.25) is 20.4 Å². The van der Waals surface area contributed by atoms with Gasteiger partial charge in [-0.2, -0.15) is 5.26 Å². The van der Waals surface area contributed by atoms with E-state index >= 15 is 0 Å². The Balaban J connectivity index is 1.81. The molecule has 0 aromatic heterocycles. The van der Waals surface area contributed by atoms with Crippen molar-refractivity contribution in [1.29, 1.82) is 5.26 Å². The number of hydrogen-bond donors (Lipinski definition) is 2. The van der Waals surface area contributed by atoms with Crippen LogP contribution < -0.4 is 15.6 Å². The Kier molecular flexibility index (Phi) is 7.37. The van der Waals surface area contributed by atoms with E-state index in [1.165, 1.54) is 6.08 Å². The Morgan fingerprint density at radius 2 is 1.63 bits per heavy atom. The first-order valence-electron chi connectivity index (χ1n) is 8.24. The van der Waals surface area contributed by atoms with Crippen molar-refractivity contribution in [1.82, 2.24) is 10.9 Å². The number of benzene rings is 2. The Morgan fingerprint density at radius 3 is 2.22 bits per heavy atom. The molecular weight excluding hydrogens is 342 g/mol. The smallest absolute Gasteiger partial charge is 0.276 e. The van der Waals surface area contributed by atoms with E-state index in [0.29, 0.717) is 11.3 Å². The van der Waals surface area contributed by atoms with Crippen molar-refractivity contribution < 1.29 is 14.3 Å². The molecule has 0 aliphatic carbocycles. The number of carbonyl (C=O) groups is 2.